The number of amides is 2. The number of thioether (sulfide) groups is 1. The standard InChI is InChI=1S/C14H13Cl2NO2S/c1-2-3-6-17-13(18)12(20-14(17)19)7-9-4-5-10(15)8-11(9)16/h4-5,7-8H,2-3,6H2,1H3/b12-7-. The van der Waals surface area contributed by atoms with Crippen molar-refractivity contribution in [3.63, 3.8) is 0 Å². The van der Waals surface area contributed by atoms with Gasteiger partial charge in [-0.2, -0.15) is 0 Å². The fraction of sp³-hybridized carbons (Fsp3) is 0.286. The minimum absolute atomic E-state index is 0.222. The largest absolute Gasteiger partial charge is 0.293 e. The molecule has 0 bridgehead atoms. The second kappa shape index (κ2) is 6.66. The summed E-state index contributed by atoms with van der Waals surface area (Å²) in [6.45, 7) is 2.48. The van der Waals surface area contributed by atoms with Crippen LogP contribution in [0.4, 0.5) is 4.79 Å². The Morgan fingerprint density at radius 3 is 2.70 bits per heavy atom. The fourth-order valence-electron chi connectivity index (χ4n) is 1.77. The Hall–Kier alpha value is -0.970. The summed E-state index contributed by atoms with van der Waals surface area (Å²) in [5.74, 6) is -0.250. The minimum Gasteiger partial charge on any atom is -0.268 e. The van der Waals surface area contributed by atoms with Crippen LogP contribution in [0.15, 0.2) is 23.1 Å². The average molecular weight is 330 g/mol. The first kappa shape index (κ1) is 15.4. The Labute approximate surface area is 131 Å². The van der Waals surface area contributed by atoms with E-state index >= 15 is 0 Å². The maximum absolute atomic E-state index is 12.2. The number of nitrogens with zero attached hydrogens (tertiary/aromatic N) is 1. The van der Waals surface area contributed by atoms with Gasteiger partial charge >= 0.3 is 0 Å². The Morgan fingerprint density at radius 2 is 2.05 bits per heavy atom. The molecule has 0 radical (unpaired) electrons. The Morgan fingerprint density at radius 1 is 1.30 bits per heavy atom. The molecule has 1 fully saturated rings. The Kier molecular flexibility index (Phi) is 5.13. The number of hydrogen-bond acceptors (Lipinski definition) is 3. The van der Waals surface area contributed by atoms with E-state index in [-0.39, 0.29) is 11.1 Å². The monoisotopic (exact) mass is 329 g/mol. The smallest absolute Gasteiger partial charge is 0.268 e. The van der Waals surface area contributed by atoms with Crippen LogP contribution in [0.1, 0.15) is 25.3 Å². The van der Waals surface area contributed by atoms with E-state index in [0.717, 1.165) is 24.6 Å². The molecule has 6 heteroatoms. The molecule has 2 amide bonds. The summed E-state index contributed by atoms with van der Waals surface area (Å²) in [4.78, 5) is 25.6. The molecule has 106 valence electrons. The van der Waals surface area contributed by atoms with E-state index in [0.29, 0.717) is 27.1 Å². The van der Waals surface area contributed by atoms with Gasteiger partial charge in [0.25, 0.3) is 11.1 Å². The molecular formula is C14H13Cl2NO2S. The number of halogens is 2. The fourth-order valence-corrected chi connectivity index (χ4v) is 3.09. The van der Waals surface area contributed by atoms with E-state index in [1.165, 1.54) is 4.90 Å². The van der Waals surface area contributed by atoms with Crippen LogP contribution >= 0.6 is 35.0 Å². The molecule has 0 aromatic heterocycles. The molecule has 0 unspecified atom stereocenters. The summed E-state index contributed by atoms with van der Waals surface area (Å²) < 4.78 is 0. The molecule has 1 aromatic carbocycles. The van der Waals surface area contributed by atoms with Gasteiger partial charge in [-0.05, 0) is 42.0 Å². The van der Waals surface area contributed by atoms with Crippen molar-refractivity contribution in [1.82, 2.24) is 4.90 Å². The molecule has 1 heterocycles. The van der Waals surface area contributed by atoms with Crippen molar-refractivity contribution < 1.29 is 9.59 Å². The van der Waals surface area contributed by atoms with Crippen molar-refractivity contribution in [2.45, 2.75) is 19.8 Å². The molecule has 1 aliphatic rings. The first-order chi connectivity index (χ1) is 9.52. The molecule has 20 heavy (non-hydrogen) atoms. The summed E-state index contributed by atoms with van der Waals surface area (Å²) in [5, 5.41) is 0.765. The first-order valence-corrected chi connectivity index (χ1v) is 7.80. The molecule has 1 aliphatic heterocycles. The zero-order valence-corrected chi connectivity index (χ0v) is 13.2. The number of unbranched alkanes of at least 4 members (excludes halogenated alkanes) is 1. The van der Waals surface area contributed by atoms with Crippen molar-refractivity contribution in [3.05, 3.63) is 38.7 Å². The highest BCUT2D eigenvalue weighted by molar-refractivity contribution is 8.18. The highest BCUT2D eigenvalue weighted by atomic mass is 35.5. The molecule has 1 aromatic rings. The van der Waals surface area contributed by atoms with Gasteiger partial charge in [0.2, 0.25) is 0 Å². The second-order valence-corrected chi connectivity index (χ2v) is 6.19. The number of rotatable bonds is 4. The third kappa shape index (κ3) is 3.37. The van der Waals surface area contributed by atoms with Gasteiger partial charge in [0, 0.05) is 16.6 Å². The van der Waals surface area contributed by atoms with Gasteiger partial charge in [-0.1, -0.05) is 42.6 Å². The van der Waals surface area contributed by atoms with Gasteiger partial charge in [0.05, 0.1) is 4.91 Å². The topological polar surface area (TPSA) is 37.4 Å². The predicted molar refractivity (Wildman–Crippen MR) is 84.0 cm³/mol. The summed E-state index contributed by atoms with van der Waals surface area (Å²) in [6.07, 6.45) is 3.38. The van der Waals surface area contributed by atoms with E-state index < -0.39 is 0 Å². The van der Waals surface area contributed by atoms with E-state index in [2.05, 4.69) is 0 Å². The van der Waals surface area contributed by atoms with Gasteiger partial charge < -0.3 is 0 Å². The lowest BCUT2D eigenvalue weighted by molar-refractivity contribution is -0.122. The van der Waals surface area contributed by atoms with E-state index in [1.807, 2.05) is 6.92 Å². The van der Waals surface area contributed by atoms with Crippen LogP contribution in [0.3, 0.4) is 0 Å². The van der Waals surface area contributed by atoms with Crippen LogP contribution in [0.2, 0.25) is 10.0 Å². The molecule has 0 spiro atoms. The zero-order chi connectivity index (χ0) is 14.7. The molecule has 1 saturated heterocycles. The summed E-state index contributed by atoms with van der Waals surface area (Å²) in [7, 11) is 0. The number of carbonyl (C=O) groups is 2. The Balaban J connectivity index is 2.23. The van der Waals surface area contributed by atoms with Gasteiger partial charge in [0.1, 0.15) is 0 Å². The lowest BCUT2D eigenvalue weighted by Crippen LogP contribution is -2.29. The zero-order valence-electron chi connectivity index (χ0n) is 10.9. The SMILES string of the molecule is CCCCN1C(=O)S/C(=C\c2ccc(Cl)cc2Cl)C1=O. The summed E-state index contributed by atoms with van der Waals surface area (Å²) in [6, 6.07) is 5.03. The molecule has 3 nitrogen and oxygen atoms in total. The van der Waals surface area contributed by atoms with E-state index in [4.69, 9.17) is 23.2 Å². The molecular weight excluding hydrogens is 317 g/mol. The quantitative estimate of drug-likeness (QED) is 0.742. The van der Waals surface area contributed by atoms with Crippen LogP contribution in [0, 0.1) is 0 Å². The second-order valence-electron chi connectivity index (χ2n) is 4.35. The molecule has 0 atom stereocenters. The van der Waals surface area contributed by atoms with Crippen molar-refractivity contribution in [3.8, 4) is 0 Å². The van der Waals surface area contributed by atoms with Crippen LogP contribution < -0.4 is 0 Å². The molecule has 2 rings (SSSR count). The molecule has 0 aliphatic carbocycles. The number of imide groups is 1. The predicted octanol–water partition coefficient (Wildman–Crippen LogP) is 4.83. The Bertz CT molecular complexity index is 587. The normalized spacial score (nSPS) is 17.4. The van der Waals surface area contributed by atoms with E-state index in [9.17, 15) is 9.59 Å². The number of benzene rings is 1. The molecule has 0 N–H and O–H groups in total. The number of hydrogen-bond donors (Lipinski definition) is 0. The van der Waals surface area contributed by atoms with Crippen LogP contribution in [0.5, 0.6) is 0 Å². The van der Waals surface area contributed by atoms with Crippen molar-refractivity contribution in [2.24, 2.45) is 0 Å². The minimum atomic E-state index is -0.250. The summed E-state index contributed by atoms with van der Waals surface area (Å²) in [5.41, 5.74) is 0.678. The van der Waals surface area contributed by atoms with Gasteiger partial charge in [-0.3, -0.25) is 14.5 Å². The third-order valence-electron chi connectivity index (χ3n) is 2.86. The number of carbonyl (C=O) groups excluding carboxylic acids is 2. The average Bonchev–Trinajstić information content (AvgIpc) is 2.66. The van der Waals surface area contributed by atoms with Crippen molar-refractivity contribution in [1.29, 1.82) is 0 Å². The van der Waals surface area contributed by atoms with Gasteiger partial charge in [0.15, 0.2) is 0 Å². The maximum Gasteiger partial charge on any atom is 0.293 e. The molecule has 0 saturated carbocycles. The highest BCUT2D eigenvalue weighted by Gasteiger charge is 2.34. The van der Waals surface area contributed by atoms with Gasteiger partial charge in [-0.25, -0.2) is 0 Å². The first-order valence-electron chi connectivity index (χ1n) is 6.23. The lowest BCUT2D eigenvalue weighted by atomic mass is 10.2. The van der Waals surface area contributed by atoms with Crippen LogP contribution in [-0.4, -0.2) is 22.6 Å². The maximum atomic E-state index is 12.2. The highest BCUT2D eigenvalue weighted by Crippen LogP contribution is 2.34. The lowest BCUT2D eigenvalue weighted by Gasteiger charge is -2.10. The van der Waals surface area contributed by atoms with Crippen LogP contribution in [0.25, 0.3) is 6.08 Å². The van der Waals surface area contributed by atoms with Gasteiger partial charge in [-0.15, -0.1) is 0 Å². The third-order valence-corrected chi connectivity index (χ3v) is 4.33. The van der Waals surface area contributed by atoms with Crippen molar-refractivity contribution in [2.75, 3.05) is 6.54 Å². The van der Waals surface area contributed by atoms with Crippen molar-refractivity contribution >= 4 is 52.2 Å². The summed E-state index contributed by atoms with van der Waals surface area (Å²) >= 11 is 12.8. The van der Waals surface area contributed by atoms with E-state index in [1.54, 1.807) is 24.3 Å². The van der Waals surface area contributed by atoms with Crippen LogP contribution in [-0.2, 0) is 4.79 Å².